The minimum Gasteiger partial charge on any atom is -0.393 e. The van der Waals surface area contributed by atoms with Crippen LogP contribution in [0.2, 0.25) is 0 Å². The highest BCUT2D eigenvalue weighted by molar-refractivity contribution is 4.77. The lowest BCUT2D eigenvalue weighted by Gasteiger charge is -2.17. The van der Waals surface area contributed by atoms with Crippen LogP contribution in [0.25, 0.3) is 0 Å². The summed E-state index contributed by atoms with van der Waals surface area (Å²) in [7, 11) is 2.06. The van der Waals surface area contributed by atoms with Crippen molar-refractivity contribution in [2.75, 3.05) is 20.1 Å². The molecular weight excluding hydrogens is 178 g/mol. The van der Waals surface area contributed by atoms with Crippen molar-refractivity contribution in [1.82, 2.24) is 14.7 Å². The van der Waals surface area contributed by atoms with Crippen LogP contribution in [0, 0.1) is 0 Å². The minimum absolute atomic E-state index is 0.206. The van der Waals surface area contributed by atoms with E-state index in [0.717, 1.165) is 26.1 Å². The van der Waals surface area contributed by atoms with Gasteiger partial charge in [-0.1, -0.05) is 0 Å². The van der Waals surface area contributed by atoms with Crippen LogP contribution in [-0.4, -0.2) is 46.0 Å². The molecule has 0 aliphatic heterocycles. The first-order chi connectivity index (χ1) is 6.68. The third-order valence-corrected chi connectivity index (χ3v) is 2.20. The molecule has 0 radical (unpaired) electrons. The van der Waals surface area contributed by atoms with Crippen LogP contribution in [-0.2, 0) is 6.54 Å². The molecule has 0 aromatic carbocycles. The number of aliphatic hydroxyl groups excluding tert-OH is 1. The molecule has 4 nitrogen and oxygen atoms in total. The standard InChI is InChI=1S/C10H19N3O/c1-10(14)4-7-12(2)8-9-13-6-3-5-11-13/h3,5-6,10,14H,4,7-9H2,1-2H3. The second-order valence-corrected chi connectivity index (χ2v) is 3.71. The maximum Gasteiger partial charge on any atom is 0.0536 e. The summed E-state index contributed by atoms with van der Waals surface area (Å²) in [5.74, 6) is 0. The second kappa shape index (κ2) is 5.78. The Morgan fingerprint density at radius 2 is 2.29 bits per heavy atom. The van der Waals surface area contributed by atoms with Crippen molar-refractivity contribution in [2.24, 2.45) is 0 Å². The fraction of sp³-hybridized carbons (Fsp3) is 0.700. The highest BCUT2D eigenvalue weighted by Crippen LogP contribution is 1.94. The topological polar surface area (TPSA) is 41.3 Å². The van der Waals surface area contributed by atoms with Crippen LogP contribution < -0.4 is 0 Å². The third-order valence-electron chi connectivity index (χ3n) is 2.20. The molecule has 0 bridgehead atoms. The zero-order valence-electron chi connectivity index (χ0n) is 8.93. The van der Waals surface area contributed by atoms with Crippen molar-refractivity contribution < 1.29 is 5.11 Å². The molecule has 0 fully saturated rings. The highest BCUT2D eigenvalue weighted by atomic mass is 16.3. The number of aromatic nitrogens is 2. The maximum absolute atomic E-state index is 9.11. The van der Waals surface area contributed by atoms with Crippen LogP contribution in [0.5, 0.6) is 0 Å². The molecule has 1 aromatic heterocycles. The average molecular weight is 197 g/mol. The van der Waals surface area contributed by atoms with Crippen molar-refractivity contribution in [3.63, 3.8) is 0 Å². The first-order valence-corrected chi connectivity index (χ1v) is 5.02. The van der Waals surface area contributed by atoms with E-state index in [-0.39, 0.29) is 6.10 Å². The summed E-state index contributed by atoms with van der Waals surface area (Å²) in [5.41, 5.74) is 0. The summed E-state index contributed by atoms with van der Waals surface area (Å²) in [6.45, 7) is 4.62. The summed E-state index contributed by atoms with van der Waals surface area (Å²) >= 11 is 0. The normalized spacial score (nSPS) is 13.4. The van der Waals surface area contributed by atoms with Crippen molar-refractivity contribution >= 4 is 0 Å². The molecule has 4 heteroatoms. The zero-order chi connectivity index (χ0) is 10.4. The summed E-state index contributed by atoms with van der Waals surface area (Å²) in [5, 5.41) is 13.2. The van der Waals surface area contributed by atoms with Gasteiger partial charge in [-0.05, 0) is 26.5 Å². The molecule has 1 atom stereocenters. The Balaban J connectivity index is 2.12. The molecule has 1 heterocycles. The van der Waals surface area contributed by atoms with E-state index in [1.165, 1.54) is 0 Å². The lowest BCUT2D eigenvalue weighted by molar-refractivity contribution is 0.163. The van der Waals surface area contributed by atoms with Crippen LogP contribution in [0.4, 0.5) is 0 Å². The van der Waals surface area contributed by atoms with E-state index in [9.17, 15) is 0 Å². The van der Waals surface area contributed by atoms with Gasteiger partial charge >= 0.3 is 0 Å². The van der Waals surface area contributed by atoms with E-state index in [1.807, 2.05) is 23.9 Å². The van der Waals surface area contributed by atoms with E-state index in [1.54, 1.807) is 6.20 Å². The minimum atomic E-state index is -0.206. The predicted molar refractivity (Wildman–Crippen MR) is 56.0 cm³/mol. The lowest BCUT2D eigenvalue weighted by Crippen LogP contribution is -2.26. The molecule has 1 rings (SSSR count). The molecular formula is C10H19N3O. The van der Waals surface area contributed by atoms with Gasteiger partial charge in [0.15, 0.2) is 0 Å². The molecule has 80 valence electrons. The van der Waals surface area contributed by atoms with Gasteiger partial charge in [-0.15, -0.1) is 0 Å². The average Bonchev–Trinajstić information content (AvgIpc) is 2.63. The van der Waals surface area contributed by atoms with Crippen LogP contribution in [0.1, 0.15) is 13.3 Å². The summed E-state index contributed by atoms with van der Waals surface area (Å²) in [4.78, 5) is 2.20. The van der Waals surface area contributed by atoms with Crippen molar-refractivity contribution in [3.8, 4) is 0 Å². The Labute approximate surface area is 85.1 Å². The third kappa shape index (κ3) is 4.39. The number of hydrogen-bond acceptors (Lipinski definition) is 3. The van der Waals surface area contributed by atoms with Gasteiger partial charge in [-0.25, -0.2) is 0 Å². The maximum atomic E-state index is 9.11. The number of rotatable bonds is 6. The van der Waals surface area contributed by atoms with Gasteiger partial charge in [-0.3, -0.25) is 4.68 Å². The molecule has 0 aliphatic carbocycles. The largest absolute Gasteiger partial charge is 0.393 e. The van der Waals surface area contributed by atoms with Gasteiger partial charge in [-0.2, -0.15) is 5.10 Å². The molecule has 0 saturated heterocycles. The van der Waals surface area contributed by atoms with Gasteiger partial charge in [0, 0.05) is 25.5 Å². The monoisotopic (exact) mass is 197 g/mol. The Morgan fingerprint density at radius 1 is 1.50 bits per heavy atom. The Bertz CT molecular complexity index is 234. The van der Waals surface area contributed by atoms with Crippen molar-refractivity contribution in [2.45, 2.75) is 26.0 Å². The van der Waals surface area contributed by atoms with Crippen LogP contribution in [0.15, 0.2) is 18.5 Å². The molecule has 1 unspecified atom stereocenters. The number of hydrogen-bond donors (Lipinski definition) is 1. The van der Waals surface area contributed by atoms with Gasteiger partial charge in [0.05, 0.1) is 12.6 Å². The number of nitrogens with zero attached hydrogens (tertiary/aromatic N) is 3. The molecule has 1 aromatic rings. The van der Waals surface area contributed by atoms with Gasteiger partial charge in [0.2, 0.25) is 0 Å². The van der Waals surface area contributed by atoms with Gasteiger partial charge in [0.25, 0.3) is 0 Å². The Kier molecular flexibility index (Phi) is 4.62. The van der Waals surface area contributed by atoms with E-state index in [2.05, 4.69) is 17.0 Å². The highest BCUT2D eigenvalue weighted by Gasteiger charge is 2.01. The summed E-state index contributed by atoms with van der Waals surface area (Å²) in [6, 6.07) is 1.93. The molecule has 0 amide bonds. The van der Waals surface area contributed by atoms with Crippen molar-refractivity contribution in [1.29, 1.82) is 0 Å². The second-order valence-electron chi connectivity index (χ2n) is 3.71. The van der Waals surface area contributed by atoms with Gasteiger partial charge in [0.1, 0.15) is 0 Å². The molecule has 14 heavy (non-hydrogen) atoms. The molecule has 0 saturated carbocycles. The fourth-order valence-corrected chi connectivity index (χ4v) is 1.22. The quantitative estimate of drug-likeness (QED) is 0.725. The predicted octanol–water partition coefficient (Wildman–Crippen LogP) is 0.586. The van der Waals surface area contributed by atoms with E-state index >= 15 is 0 Å². The van der Waals surface area contributed by atoms with E-state index in [4.69, 9.17) is 5.11 Å². The molecule has 0 spiro atoms. The Morgan fingerprint density at radius 3 is 2.86 bits per heavy atom. The summed E-state index contributed by atoms with van der Waals surface area (Å²) < 4.78 is 1.92. The van der Waals surface area contributed by atoms with Crippen LogP contribution in [0.3, 0.4) is 0 Å². The summed E-state index contributed by atoms with van der Waals surface area (Å²) in [6.07, 6.45) is 4.37. The Hall–Kier alpha value is -0.870. The lowest BCUT2D eigenvalue weighted by atomic mass is 10.3. The van der Waals surface area contributed by atoms with Crippen molar-refractivity contribution in [3.05, 3.63) is 18.5 Å². The fourth-order valence-electron chi connectivity index (χ4n) is 1.22. The SMILES string of the molecule is CC(O)CCN(C)CCn1cccn1. The zero-order valence-corrected chi connectivity index (χ0v) is 8.93. The molecule has 1 N–H and O–H groups in total. The number of aliphatic hydroxyl groups is 1. The van der Waals surface area contributed by atoms with Crippen LogP contribution >= 0.6 is 0 Å². The van der Waals surface area contributed by atoms with E-state index < -0.39 is 0 Å². The first kappa shape index (κ1) is 11.2. The van der Waals surface area contributed by atoms with E-state index in [0.29, 0.717) is 0 Å². The van der Waals surface area contributed by atoms with Gasteiger partial charge < -0.3 is 10.0 Å². The first-order valence-electron chi connectivity index (χ1n) is 5.02. The molecule has 0 aliphatic rings. The number of likely N-dealkylation sites (N-methyl/N-ethyl adjacent to an activating group) is 1. The smallest absolute Gasteiger partial charge is 0.0536 e.